The van der Waals surface area contributed by atoms with Gasteiger partial charge in [-0.1, -0.05) is 23.5 Å². The van der Waals surface area contributed by atoms with Gasteiger partial charge >= 0.3 is 0 Å². The van der Waals surface area contributed by atoms with Gasteiger partial charge in [0, 0.05) is 38.9 Å². The summed E-state index contributed by atoms with van der Waals surface area (Å²) < 4.78 is 6.70. The minimum Gasteiger partial charge on any atom is -0.494 e. The molecule has 0 radical (unpaired) electrons. The van der Waals surface area contributed by atoms with Gasteiger partial charge in [-0.3, -0.25) is 9.88 Å². The van der Waals surface area contributed by atoms with Crippen molar-refractivity contribution in [1.29, 1.82) is 0 Å². The molecule has 4 rings (SSSR count). The highest BCUT2D eigenvalue weighted by Gasteiger charge is 2.21. The van der Waals surface area contributed by atoms with Crippen LogP contribution in [0.3, 0.4) is 0 Å². The van der Waals surface area contributed by atoms with E-state index in [9.17, 15) is 0 Å². The lowest BCUT2D eigenvalue weighted by Crippen LogP contribution is -2.46. The van der Waals surface area contributed by atoms with Crippen molar-refractivity contribution >= 4 is 26.7 Å². The Morgan fingerprint density at radius 2 is 1.96 bits per heavy atom. The van der Waals surface area contributed by atoms with E-state index < -0.39 is 0 Å². The highest BCUT2D eigenvalue weighted by Crippen LogP contribution is 2.36. The van der Waals surface area contributed by atoms with Gasteiger partial charge in [-0.2, -0.15) is 0 Å². The lowest BCUT2D eigenvalue weighted by Gasteiger charge is -2.34. The minimum atomic E-state index is 0.858. The number of anilines is 1. The first-order valence-corrected chi connectivity index (χ1v) is 9.37. The van der Waals surface area contributed by atoms with E-state index in [0.717, 1.165) is 54.8 Å². The number of nitrogens with zero attached hydrogens (tertiary/aromatic N) is 4. The quantitative estimate of drug-likeness (QED) is 0.719. The van der Waals surface area contributed by atoms with Crippen molar-refractivity contribution in [1.82, 2.24) is 14.9 Å². The summed E-state index contributed by atoms with van der Waals surface area (Å²) in [6.45, 7) is 7.10. The number of fused-ring (bicyclic) bond motifs is 1. The molecule has 0 unspecified atom stereocenters. The summed E-state index contributed by atoms with van der Waals surface area (Å²) in [5.41, 5.74) is 3.38. The summed E-state index contributed by atoms with van der Waals surface area (Å²) in [4.78, 5) is 14.1. The third kappa shape index (κ3) is 3.32. The van der Waals surface area contributed by atoms with Crippen LogP contribution in [0.5, 0.6) is 5.75 Å². The van der Waals surface area contributed by atoms with Crippen LogP contribution in [-0.2, 0) is 6.54 Å². The van der Waals surface area contributed by atoms with Crippen molar-refractivity contribution in [2.45, 2.75) is 13.5 Å². The van der Waals surface area contributed by atoms with E-state index in [-0.39, 0.29) is 0 Å². The Kier molecular flexibility index (Phi) is 4.55. The average Bonchev–Trinajstić information content (AvgIpc) is 3.10. The second kappa shape index (κ2) is 6.98. The van der Waals surface area contributed by atoms with E-state index >= 15 is 0 Å². The Morgan fingerprint density at radius 1 is 1.12 bits per heavy atom. The molecule has 1 fully saturated rings. The first-order valence-electron chi connectivity index (χ1n) is 8.56. The number of hydrogen-bond donors (Lipinski definition) is 0. The molecule has 1 aliphatic rings. The Morgan fingerprint density at radius 3 is 2.68 bits per heavy atom. The zero-order valence-electron chi connectivity index (χ0n) is 14.6. The fraction of sp³-hybridized carbons (Fsp3) is 0.368. The van der Waals surface area contributed by atoms with Gasteiger partial charge in [-0.15, -0.1) is 0 Å². The molecule has 0 bridgehead atoms. The lowest BCUT2D eigenvalue weighted by atomic mass is 10.2. The average molecular weight is 354 g/mol. The third-order valence-electron chi connectivity index (χ3n) is 4.67. The smallest absolute Gasteiger partial charge is 0.186 e. The normalized spacial score (nSPS) is 15.7. The molecule has 1 aromatic carbocycles. The van der Waals surface area contributed by atoms with Crippen molar-refractivity contribution in [3.8, 4) is 5.75 Å². The van der Waals surface area contributed by atoms with Crippen LogP contribution < -0.4 is 9.64 Å². The Balaban J connectivity index is 1.47. The van der Waals surface area contributed by atoms with Crippen LogP contribution >= 0.6 is 11.3 Å². The highest BCUT2D eigenvalue weighted by molar-refractivity contribution is 7.22. The predicted octanol–water partition coefficient (Wildman–Crippen LogP) is 3.33. The van der Waals surface area contributed by atoms with Gasteiger partial charge in [-0.05, 0) is 30.7 Å². The van der Waals surface area contributed by atoms with Gasteiger partial charge in [0.05, 0.1) is 17.5 Å². The Hall–Kier alpha value is -2.18. The number of aryl methyl sites for hydroxylation is 1. The van der Waals surface area contributed by atoms with E-state index in [1.165, 1.54) is 10.3 Å². The first kappa shape index (κ1) is 16.3. The first-order chi connectivity index (χ1) is 12.2. The molecule has 0 saturated carbocycles. The molecule has 3 aromatic rings. The number of hydrogen-bond acceptors (Lipinski definition) is 6. The van der Waals surface area contributed by atoms with Gasteiger partial charge in [0.1, 0.15) is 11.3 Å². The van der Waals surface area contributed by atoms with Crippen molar-refractivity contribution in [3.63, 3.8) is 0 Å². The van der Waals surface area contributed by atoms with E-state index in [1.54, 1.807) is 18.4 Å². The number of benzene rings is 1. The molecule has 0 amide bonds. The highest BCUT2D eigenvalue weighted by atomic mass is 32.1. The summed E-state index contributed by atoms with van der Waals surface area (Å²) >= 11 is 1.77. The fourth-order valence-electron chi connectivity index (χ4n) is 3.22. The molecule has 0 N–H and O–H groups in total. The van der Waals surface area contributed by atoms with Crippen molar-refractivity contribution < 1.29 is 4.74 Å². The van der Waals surface area contributed by atoms with Crippen LogP contribution in [0, 0.1) is 6.92 Å². The maximum atomic E-state index is 5.48. The number of methoxy groups -OCH3 is 1. The number of rotatable bonds is 4. The Bertz CT molecular complexity index is 856. The topological polar surface area (TPSA) is 41.5 Å². The summed E-state index contributed by atoms with van der Waals surface area (Å²) in [5.74, 6) is 0.858. The summed E-state index contributed by atoms with van der Waals surface area (Å²) in [6, 6.07) is 10.2. The molecular weight excluding hydrogens is 332 g/mol. The molecule has 2 aromatic heterocycles. The zero-order chi connectivity index (χ0) is 17.2. The molecule has 0 atom stereocenters. The fourth-order valence-corrected chi connectivity index (χ4v) is 4.32. The number of thiazole rings is 1. The third-order valence-corrected chi connectivity index (χ3v) is 5.92. The van der Waals surface area contributed by atoms with Gasteiger partial charge in [-0.25, -0.2) is 4.98 Å². The molecule has 1 saturated heterocycles. The van der Waals surface area contributed by atoms with E-state index in [1.807, 2.05) is 18.3 Å². The monoisotopic (exact) mass is 354 g/mol. The number of ether oxygens (including phenoxy) is 1. The predicted molar refractivity (Wildman–Crippen MR) is 103 cm³/mol. The van der Waals surface area contributed by atoms with Crippen LogP contribution in [0.15, 0.2) is 36.5 Å². The Labute approximate surface area is 151 Å². The van der Waals surface area contributed by atoms with Crippen LogP contribution in [0.25, 0.3) is 10.2 Å². The standard InChI is InChI=1S/C19H22N4OS/c1-14-6-7-16(24-2)17-18(14)25-19(21-17)23-11-9-22(10-12-23)13-15-5-3-4-8-20-15/h3-8H,9-13H2,1-2H3. The number of piperazine rings is 1. The molecule has 25 heavy (non-hydrogen) atoms. The molecular formula is C19H22N4OS. The van der Waals surface area contributed by atoms with Gasteiger partial charge in [0.15, 0.2) is 5.13 Å². The summed E-state index contributed by atoms with van der Waals surface area (Å²) in [7, 11) is 1.71. The molecule has 1 aliphatic heterocycles. The largest absolute Gasteiger partial charge is 0.494 e. The summed E-state index contributed by atoms with van der Waals surface area (Å²) in [6.07, 6.45) is 1.86. The van der Waals surface area contributed by atoms with Gasteiger partial charge in [0.2, 0.25) is 0 Å². The van der Waals surface area contributed by atoms with E-state index in [0.29, 0.717) is 0 Å². The maximum Gasteiger partial charge on any atom is 0.186 e. The van der Waals surface area contributed by atoms with Crippen LogP contribution in [0.1, 0.15) is 11.3 Å². The molecule has 0 aliphatic carbocycles. The molecule has 6 heteroatoms. The SMILES string of the molecule is COc1ccc(C)c2sc(N3CCN(Cc4ccccn4)CC3)nc12. The minimum absolute atomic E-state index is 0.858. The van der Waals surface area contributed by atoms with Crippen molar-refractivity contribution in [2.24, 2.45) is 0 Å². The van der Waals surface area contributed by atoms with Gasteiger partial charge in [0.25, 0.3) is 0 Å². The summed E-state index contributed by atoms with van der Waals surface area (Å²) in [5, 5.41) is 1.10. The van der Waals surface area contributed by atoms with E-state index in [2.05, 4.69) is 39.9 Å². The second-order valence-electron chi connectivity index (χ2n) is 6.34. The molecule has 5 nitrogen and oxygen atoms in total. The molecule has 130 valence electrons. The van der Waals surface area contributed by atoms with Crippen LogP contribution in [-0.4, -0.2) is 48.2 Å². The maximum absolute atomic E-state index is 5.48. The molecule has 0 spiro atoms. The number of pyridine rings is 1. The zero-order valence-corrected chi connectivity index (χ0v) is 15.4. The van der Waals surface area contributed by atoms with Crippen molar-refractivity contribution in [3.05, 3.63) is 47.8 Å². The van der Waals surface area contributed by atoms with E-state index in [4.69, 9.17) is 9.72 Å². The second-order valence-corrected chi connectivity index (χ2v) is 7.32. The lowest BCUT2D eigenvalue weighted by molar-refractivity contribution is 0.247. The molecule has 3 heterocycles. The van der Waals surface area contributed by atoms with Crippen LogP contribution in [0.4, 0.5) is 5.13 Å². The van der Waals surface area contributed by atoms with Gasteiger partial charge < -0.3 is 9.64 Å². The number of aromatic nitrogens is 2. The van der Waals surface area contributed by atoms with Crippen molar-refractivity contribution in [2.75, 3.05) is 38.2 Å². The van der Waals surface area contributed by atoms with Crippen LogP contribution in [0.2, 0.25) is 0 Å².